The second kappa shape index (κ2) is 13.9. The number of nitrogens with zero attached hydrogens (tertiary/aromatic N) is 3. The fourth-order valence-corrected chi connectivity index (χ4v) is 5.26. The lowest BCUT2D eigenvalue weighted by atomic mass is 9.86. The Morgan fingerprint density at radius 2 is 1.68 bits per heavy atom. The van der Waals surface area contributed by atoms with Gasteiger partial charge in [-0.1, -0.05) is 63.2 Å². The fourth-order valence-electron chi connectivity index (χ4n) is 5.26. The maximum absolute atomic E-state index is 13.1. The zero-order valence-electron chi connectivity index (χ0n) is 24.3. The average molecular weight is 553 g/mol. The lowest BCUT2D eigenvalue weighted by molar-refractivity contribution is -0.384. The van der Waals surface area contributed by atoms with E-state index in [0.717, 1.165) is 37.1 Å². The first-order chi connectivity index (χ1) is 18.9. The molecule has 218 valence electrons. The van der Waals surface area contributed by atoms with Crippen LogP contribution >= 0.6 is 0 Å². The van der Waals surface area contributed by atoms with E-state index in [4.69, 9.17) is 0 Å². The number of non-ortho nitro benzene ring substituents is 1. The summed E-state index contributed by atoms with van der Waals surface area (Å²) in [5.41, 5.74) is 0.101. The van der Waals surface area contributed by atoms with E-state index in [9.17, 15) is 24.8 Å². The second-order valence-corrected chi connectivity index (χ2v) is 11.8. The number of hydrogen-bond acceptors (Lipinski definition) is 6. The van der Waals surface area contributed by atoms with Gasteiger partial charge in [0, 0.05) is 56.3 Å². The highest BCUT2D eigenvalue weighted by Crippen LogP contribution is 2.30. The highest BCUT2D eigenvalue weighted by molar-refractivity contribution is 5.81. The first kappa shape index (κ1) is 31.2. The molecule has 2 aromatic rings. The number of nitrogens with one attached hydrogen (secondary N) is 1. The van der Waals surface area contributed by atoms with Crippen molar-refractivity contribution >= 4 is 17.5 Å². The van der Waals surface area contributed by atoms with E-state index >= 15 is 0 Å². The van der Waals surface area contributed by atoms with Crippen molar-refractivity contribution in [2.24, 2.45) is 5.41 Å². The molecule has 2 aromatic carbocycles. The van der Waals surface area contributed by atoms with E-state index in [1.807, 2.05) is 62.9 Å². The molecule has 1 aliphatic heterocycles. The van der Waals surface area contributed by atoms with Crippen molar-refractivity contribution in [3.63, 3.8) is 0 Å². The third-order valence-corrected chi connectivity index (χ3v) is 7.82. The molecule has 1 heterocycles. The van der Waals surface area contributed by atoms with Crippen LogP contribution in [0.25, 0.3) is 0 Å². The van der Waals surface area contributed by atoms with Gasteiger partial charge >= 0.3 is 0 Å². The zero-order valence-corrected chi connectivity index (χ0v) is 24.3. The highest BCUT2D eigenvalue weighted by Gasteiger charge is 2.32. The number of likely N-dealkylation sites (N-methyl/N-ethyl adjacent to an activating group) is 1. The second-order valence-electron chi connectivity index (χ2n) is 11.8. The van der Waals surface area contributed by atoms with Crippen molar-refractivity contribution in [3.8, 4) is 0 Å². The number of hydrogen-bond donors (Lipinski definition) is 2. The molecular weight excluding hydrogens is 508 g/mol. The molecule has 1 aliphatic rings. The molecule has 0 spiro atoms. The molecule has 3 rings (SSSR count). The minimum atomic E-state index is -1.06. The van der Waals surface area contributed by atoms with Crippen LogP contribution in [-0.2, 0) is 21.6 Å². The molecule has 0 radical (unpaired) electrons. The van der Waals surface area contributed by atoms with Gasteiger partial charge in [-0.25, -0.2) is 0 Å². The number of carbonyl (C=O) groups excluding carboxylic acids is 2. The Morgan fingerprint density at radius 1 is 1.05 bits per heavy atom. The van der Waals surface area contributed by atoms with E-state index in [2.05, 4.69) is 10.2 Å². The first-order valence-electron chi connectivity index (χ1n) is 14.2. The van der Waals surface area contributed by atoms with E-state index in [1.165, 1.54) is 12.1 Å². The summed E-state index contributed by atoms with van der Waals surface area (Å²) in [6, 6.07) is 16.0. The summed E-state index contributed by atoms with van der Waals surface area (Å²) in [4.78, 5) is 40.1. The van der Waals surface area contributed by atoms with Gasteiger partial charge in [-0.3, -0.25) is 19.7 Å². The Morgan fingerprint density at radius 3 is 2.23 bits per heavy atom. The molecular formula is C31H44N4O5. The molecule has 9 nitrogen and oxygen atoms in total. The maximum Gasteiger partial charge on any atom is 0.269 e. The van der Waals surface area contributed by atoms with Crippen LogP contribution in [0.2, 0.25) is 0 Å². The summed E-state index contributed by atoms with van der Waals surface area (Å²) in [6.45, 7) is 11.0. The largest absolute Gasteiger partial charge is 0.385 e. The van der Waals surface area contributed by atoms with E-state index in [1.54, 1.807) is 12.1 Å². The lowest BCUT2D eigenvalue weighted by Crippen LogP contribution is -2.48. The van der Waals surface area contributed by atoms with Crippen LogP contribution in [0.4, 0.5) is 5.69 Å². The quantitative estimate of drug-likeness (QED) is 0.300. The molecule has 0 aromatic heterocycles. The predicted molar refractivity (Wildman–Crippen MR) is 156 cm³/mol. The standard InChI is InChI=1S/C31H44N4O5/c1-5-34(28(36)23-24-11-13-27(14-12-24)35(39)40)26-15-20-33(21-16-26)22-18-31(38,25-9-7-6-8-10-25)17-19-32-29(37)30(2,3)4/h6-14,26,38H,5,15-23H2,1-4H3,(H,32,37). The predicted octanol–water partition coefficient (Wildman–Crippen LogP) is 4.28. The van der Waals surface area contributed by atoms with Gasteiger partial charge in [0.15, 0.2) is 0 Å². The van der Waals surface area contributed by atoms with Crippen LogP contribution in [0.3, 0.4) is 0 Å². The van der Waals surface area contributed by atoms with Crippen molar-refractivity contribution in [2.45, 2.75) is 71.4 Å². The molecule has 2 amide bonds. The van der Waals surface area contributed by atoms with E-state index in [-0.39, 0.29) is 30.0 Å². The molecule has 1 atom stereocenters. The number of amides is 2. The molecule has 1 saturated heterocycles. The monoisotopic (exact) mass is 552 g/mol. The SMILES string of the molecule is CCN(C(=O)Cc1ccc([N+](=O)[O-])cc1)C1CCN(CCC(O)(CCNC(=O)C(C)(C)C)c2ccccc2)CC1. The van der Waals surface area contributed by atoms with Gasteiger partial charge in [0.05, 0.1) is 16.9 Å². The van der Waals surface area contributed by atoms with E-state index in [0.29, 0.717) is 32.5 Å². The Balaban J connectivity index is 1.54. The summed E-state index contributed by atoms with van der Waals surface area (Å²) in [5, 5.41) is 25.6. The van der Waals surface area contributed by atoms with Crippen LogP contribution < -0.4 is 5.32 Å². The van der Waals surface area contributed by atoms with Gasteiger partial charge in [-0.15, -0.1) is 0 Å². The number of likely N-dealkylation sites (tertiary alicyclic amines) is 1. The lowest BCUT2D eigenvalue weighted by Gasteiger charge is -2.39. The molecule has 1 fully saturated rings. The van der Waals surface area contributed by atoms with Gasteiger partial charge in [0.2, 0.25) is 11.8 Å². The molecule has 0 saturated carbocycles. The van der Waals surface area contributed by atoms with Gasteiger partial charge in [-0.2, -0.15) is 0 Å². The molecule has 1 unspecified atom stereocenters. The van der Waals surface area contributed by atoms with Gasteiger partial charge in [0.25, 0.3) is 5.69 Å². The smallest absolute Gasteiger partial charge is 0.269 e. The number of aliphatic hydroxyl groups is 1. The fraction of sp³-hybridized carbons (Fsp3) is 0.548. The number of rotatable bonds is 12. The number of piperidine rings is 1. The van der Waals surface area contributed by atoms with Crippen molar-refractivity contribution < 1.29 is 19.6 Å². The van der Waals surface area contributed by atoms with E-state index < -0.39 is 15.9 Å². The maximum atomic E-state index is 13.1. The summed E-state index contributed by atoms with van der Waals surface area (Å²) in [7, 11) is 0. The number of nitro groups is 1. The molecule has 0 bridgehead atoms. The summed E-state index contributed by atoms with van der Waals surface area (Å²) < 4.78 is 0. The van der Waals surface area contributed by atoms with Crippen LogP contribution in [0.15, 0.2) is 54.6 Å². The Hall–Kier alpha value is -3.30. The molecule has 0 aliphatic carbocycles. The van der Waals surface area contributed by atoms with Crippen LogP contribution in [0.1, 0.15) is 64.5 Å². The Bertz CT molecular complexity index is 1120. The van der Waals surface area contributed by atoms with Crippen LogP contribution in [-0.4, -0.2) is 70.4 Å². The summed E-state index contributed by atoms with van der Waals surface area (Å²) >= 11 is 0. The van der Waals surface area contributed by atoms with Crippen molar-refractivity contribution in [1.29, 1.82) is 0 Å². The third-order valence-electron chi connectivity index (χ3n) is 7.82. The first-order valence-corrected chi connectivity index (χ1v) is 14.2. The number of nitro benzene ring substituents is 1. The molecule has 2 N–H and O–H groups in total. The van der Waals surface area contributed by atoms with Gasteiger partial charge in [-0.05, 0) is 43.7 Å². The van der Waals surface area contributed by atoms with Gasteiger partial charge in [0.1, 0.15) is 0 Å². The van der Waals surface area contributed by atoms with Gasteiger partial charge < -0.3 is 20.2 Å². The average Bonchev–Trinajstić information content (AvgIpc) is 2.93. The third kappa shape index (κ3) is 8.60. The molecule has 40 heavy (non-hydrogen) atoms. The van der Waals surface area contributed by atoms with Crippen molar-refractivity contribution in [1.82, 2.24) is 15.1 Å². The van der Waals surface area contributed by atoms with Crippen molar-refractivity contribution in [2.75, 3.05) is 32.7 Å². The zero-order chi connectivity index (χ0) is 29.3. The molecule has 9 heteroatoms. The Kier molecular flexibility index (Phi) is 10.8. The van der Waals surface area contributed by atoms with Crippen molar-refractivity contribution in [3.05, 3.63) is 75.8 Å². The Labute approximate surface area is 237 Å². The van der Waals surface area contributed by atoms with Crippen LogP contribution in [0.5, 0.6) is 0 Å². The number of carbonyl (C=O) groups is 2. The summed E-state index contributed by atoms with van der Waals surface area (Å²) in [6.07, 6.45) is 2.90. The topological polar surface area (TPSA) is 116 Å². The minimum Gasteiger partial charge on any atom is -0.385 e. The minimum absolute atomic E-state index is 0.0183. The van der Waals surface area contributed by atoms with Crippen LogP contribution in [0, 0.1) is 15.5 Å². The number of benzene rings is 2. The normalized spacial score (nSPS) is 16.2. The highest BCUT2D eigenvalue weighted by atomic mass is 16.6. The summed E-state index contributed by atoms with van der Waals surface area (Å²) in [5.74, 6) is -0.000789.